The quantitative estimate of drug-likeness (QED) is 0.393. The Morgan fingerprint density at radius 2 is 1.62 bits per heavy atom. The zero-order valence-electron chi connectivity index (χ0n) is 15.9. The number of benzene rings is 1. The summed E-state index contributed by atoms with van der Waals surface area (Å²) in [6.07, 6.45) is 0.851. The summed E-state index contributed by atoms with van der Waals surface area (Å²) in [5.41, 5.74) is 0. The normalized spacial score (nSPS) is 10.3. The molecule has 1 aromatic rings. The average Bonchev–Trinajstić information content (AvgIpc) is 2.66. The van der Waals surface area contributed by atoms with Crippen molar-refractivity contribution in [2.45, 2.75) is 26.7 Å². The fourth-order valence-corrected chi connectivity index (χ4v) is 2.23. The minimum absolute atomic E-state index is 0.0935. The van der Waals surface area contributed by atoms with Crippen molar-refractivity contribution < 1.29 is 28.5 Å². The number of carbonyl (C=O) groups excluding carboxylic acids is 2. The van der Waals surface area contributed by atoms with Crippen LogP contribution in [0.25, 0.3) is 0 Å². The summed E-state index contributed by atoms with van der Waals surface area (Å²) in [7, 11) is 1.33. The third-order valence-electron chi connectivity index (χ3n) is 3.58. The highest BCUT2D eigenvalue weighted by atomic mass is 16.5. The topological polar surface area (TPSA) is 74.3 Å². The number of esters is 1. The number of carbonyl (C=O) groups is 2. The fourth-order valence-electron chi connectivity index (χ4n) is 2.23. The van der Waals surface area contributed by atoms with Gasteiger partial charge in [-0.1, -0.05) is 0 Å². The first kappa shape index (κ1) is 21.8. The van der Waals surface area contributed by atoms with Crippen LogP contribution in [0.1, 0.15) is 26.7 Å². The van der Waals surface area contributed by atoms with Gasteiger partial charge in [-0.3, -0.25) is 9.59 Å². The van der Waals surface area contributed by atoms with E-state index in [2.05, 4.69) is 4.74 Å². The van der Waals surface area contributed by atoms with Crippen LogP contribution in [0, 0.1) is 0 Å². The lowest BCUT2D eigenvalue weighted by Crippen LogP contribution is -2.37. The minimum Gasteiger partial charge on any atom is -0.494 e. The van der Waals surface area contributed by atoms with Crippen LogP contribution in [0.2, 0.25) is 0 Å². The molecule has 0 aliphatic heterocycles. The predicted molar refractivity (Wildman–Crippen MR) is 97.4 cm³/mol. The van der Waals surface area contributed by atoms with E-state index < -0.39 is 0 Å². The van der Waals surface area contributed by atoms with Crippen LogP contribution in [-0.2, 0) is 19.1 Å². The maximum atomic E-state index is 12.4. The number of nitrogens with zero attached hydrogens (tertiary/aromatic N) is 1. The molecule has 1 aromatic carbocycles. The number of rotatable bonds is 13. The largest absolute Gasteiger partial charge is 0.494 e. The smallest absolute Gasteiger partial charge is 0.307 e. The van der Waals surface area contributed by atoms with Crippen LogP contribution in [0.3, 0.4) is 0 Å². The summed E-state index contributed by atoms with van der Waals surface area (Å²) >= 11 is 0. The van der Waals surface area contributed by atoms with Crippen LogP contribution in [-0.4, -0.2) is 63.4 Å². The van der Waals surface area contributed by atoms with Crippen LogP contribution in [0.15, 0.2) is 24.3 Å². The molecule has 146 valence electrons. The van der Waals surface area contributed by atoms with Gasteiger partial charge in [0, 0.05) is 26.3 Å². The van der Waals surface area contributed by atoms with Crippen LogP contribution >= 0.6 is 0 Å². The van der Waals surface area contributed by atoms with Gasteiger partial charge in [-0.15, -0.1) is 0 Å². The van der Waals surface area contributed by atoms with E-state index in [4.69, 9.17) is 14.2 Å². The summed E-state index contributed by atoms with van der Waals surface area (Å²) in [6.45, 7) is 6.34. The summed E-state index contributed by atoms with van der Waals surface area (Å²) in [4.78, 5) is 25.4. The number of hydrogen-bond donors (Lipinski definition) is 0. The lowest BCUT2D eigenvalue weighted by Gasteiger charge is -2.22. The van der Waals surface area contributed by atoms with Gasteiger partial charge in [0.25, 0.3) is 5.91 Å². The van der Waals surface area contributed by atoms with Crippen molar-refractivity contribution in [1.29, 1.82) is 0 Å². The van der Waals surface area contributed by atoms with Crippen molar-refractivity contribution in [3.05, 3.63) is 24.3 Å². The van der Waals surface area contributed by atoms with Gasteiger partial charge >= 0.3 is 5.97 Å². The van der Waals surface area contributed by atoms with E-state index in [-0.39, 0.29) is 24.9 Å². The highest BCUT2D eigenvalue weighted by molar-refractivity contribution is 5.78. The van der Waals surface area contributed by atoms with E-state index in [1.165, 1.54) is 7.11 Å². The number of hydrogen-bond acceptors (Lipinski definition) is 6. The number of amides is 1. The first-order valence-corrected chi connectivity index (χ1v) is 8.88. The molecule has 0 bridgehead atoms. The third-order valence-corrected chi connectivity index (χ3v) is 3.58. The van der Waals surface area contributed by atoms with Gasteiger partial charge in [0.1, 0.15) is 11.5 Å². The number of methoxy groups -OCH3 is 1. The van der Waals surface area contributed by atoms with Crippen molar-refractivity contribution in [2.24, 2.45) is 0 Å². The van der Waals surface area contributed by atoms with Gasteiger partial charge < -0.3 is 23.8 Å². The first-order valence-electron chi connectivity index (χ1n) is 8.88. The molecule has 0 unspecified atom stereocenters. The monoisotopic (exact) mass is 367 g/mol. The highest BCUT2D eigenvalue weighted by Gasteiger charge is 2.16. The molecule has 26 heavy (non-hydrogen) atoms. The predicted octanol–water partition coefficient (Wildman–Crippen LogP) is 2.28. The molecule has 0 aromatic heterocycles. The van der Waals surface area contributed by atoms with E-state index in [1.807, 2.05) is 13.8 Å². The van der Waals surface area contributed by atoms with Crippen molar-refractivity contribution in [3.8, 4) is 11.5 Å². The molecule has 1 amide bonds. The maximum Gasteiger partial charge on any atom is 0.307 e. The van der Waals surface area contributed by atoms with Crippen molar-refractivity contribution in [2.75, 3.05) is 46.6 Å². The summed E-state index contributed by atoms with van der Waals surface area (Å²) in [5.74, 6) is 0.810. The molecule has 0 spiro atoms. The van der Waals surface area contributed by atoms with Crippen LogP contribution in [0.4, 0.5) is 0 Å². The Morgan fingerprint density at radius 3 is 2.19 bits per heavy atom. The lowest BCUT2D eigenvalue weighted by atomic mass is 10.3. The molecular weight excluding hydrogens is 338 g/mol. The second-order valence-electron chi connectivity index (χ2n) is 5.45. The lowest BCUT2D eigenvalue weighted by molar-refractivity contribution is -0.142. The second kappa shape index (κ2) is 13.0. The first-order chi connectivity index (χ1) is 12.6. The van der Waals surface area contributed by atoms with E-state index >= 15 is 0 Å². The molecule has 0 radical (unpaired) electrons. The maximum absolute atomic E-state index is 12.4. The minimum atomic E-state index is -0.347. The molecule has 0 fully saturated rings. The molecule has 7 nitrogen and oxygen atoms in total. The Kier molecular flexibility index (Phi) is 10.9. The standard InChI is InChI=1S/C19H29NO6/c1-4-24-14-6-12-20(13-11-19(22)23-3)18(21)15-26-17-9-7-16(8-10-17)25-5-2/h7-10H,4-6,11-15H2,1-3H3. The highest BCUT2D eigenvalue weighted by Crippen LogP contribution is 2.17. The molecule has 7 heteroatoms. The molecule has 0 saturated carbocycles. The molecule has 0 N–H and O–H groups in total. The van der Waals surface area contributed by atoms with E-state index in [9.17, 15) is 9.59 Å². The van der Waals surface area contributed by atoms with E-state index in [0.29, 0.717) is 45.1 Å². The summed E-state index contributed by atoms with van der Waals surface area (Å²) < 4.78 is 20.9. The van der Waals surface area contributed by atoms with Gasteiger partial charge in [-0.25, -0.2) is 0 Å². The van der Waals surface area contributed by atoms with E-state index in [0.717, 1.165) is 5.75 Å². The van der Waals surface area contributed by atoms with Crippen molar-refractivity contribution in [3.63, 3.8) is 0 Å². The molecule has 0 heterocycles. The molecule has 1 rings (SSSR count). The van der Waals surface area contributed by atoms with Crippen molar-refractivity contribution >= 4 is 11.9 Å². The average molecular weight is 367 g/mol. The zero-order valence-corrected chi connectivity index (χ0v) is 15.9. The van der Waals surface area contributed by atoms with Crippen LogP contribution in [0.5, 0.6) is 11.5 Å². The molecule has 0 aliphatic rings. The van der Waals surface area contributed by atoms with Crippen LogP contribution < -0.4 is 9.47 Å². The Morgan fingerprint density at radius 1 is 0.962 bits per heavy atom. The SMILES string of the molecule is CCOCCCN(CCC(=O)OC)C(=O)COc1ccc(OCC)cc1. The molecule has 0 aliphatic carbocycles. The van der Waals surface area contributed by atoms with Gasteiger partial charge in [0.15, 0.2) is 6.61 Å². The van der Waals surface area contributed by atoms with Gasteiger partial charge in [0.05, 0.1) is 20.1 Å². The van der Waals surface area contributed by atoms with Gasteiger partial charge in [0.2, 0.25) is 0 Å². The Balaban J connectivity index is 2.51. The van der Waals surface area contributed by atoms with Gasteiger partial charge in [-0.05, 0) is 44.5 Å². The third kappa shape index (κ3) is 8.71. The number of ether oxygens (including phenoxy) is 4. The second-order valence-corrected chi connectivity index (χ2v) is 5.45. The molecular formula is C19H29NO6. The fraction of sp³-hybridized carbons (Fsp3) is 0.579. The molecule has 0 atom stereocenters. The molecule has 0 saturated heterocycles. The Bertz CT molecular complexity index is 531. The van der Waals surface area contributed by atoms with Gasteiger partial charge in [-0.2, -0.15) is 0 Å². The Hall–Kier alpha value is -2.28. The Labute approximate surface area is 155 Å². The zero-order chi connectivity index (χ0) is 19.2. The summed E-state index contributed by atoms with van der Waals surface area (Å²) in [5, 5.41) is 0. The van der Waals surface area contributed by atoms with E-state index in [1.54, 1.807) is 29.2 Å². The van der Waals surface area contributed by atoms with Crippen molar-refractivity contribution in [1.82, 2.24) is 4.90 Å². The summed E-state index contributed by atoms with van der Waals surface area (Å²) in [6, 6.07) is 7.10.